The summed E-state index contributed by atoms with van der Waals surface area (Å²) >= 11 is 1.33. The molecule has 1 aliphatic heterocycles. The number of allylic oxidation sites excluding steroid dienone is 1. The van der Waals surface area contributed by atoms with Gasteiger partial charge in [-0.1, -0.05) is 72.0 Å². The number of para-hydroxylation sites is 1. The van der Waals surface area contributed by atoms with Crippen molar-refractivity contribution in [1.82, 2.24) is 9.55 Å². The molecule has 1 N–H and O–H groups in total. The summed E-state index contributed by atoms with van der Waals surface area (Å²) in [5, 5.41) is 3.05. The number of hydrogen-bond acceptors (Lipinski definition) is 5. The van der Waals surface area contributed by atoms with Crippen molar-refractivity contribution in [1.29, 1.82) is 0 Å². The second kappa shape index (κ2) is 8.77. The smallest absolute Gasteiger partial charge is 0.338 e. The molecule has 7 heteroatoms. The Morgan fingerprint density at radius 1 is 1.08 bits per heavy atom. The third kappa shape index (κ3) is 3.51. The minimum Gasteiger partial charge on any atom is -0.463 e. The maximum atomic E-state index is 13.9. The summed E-state index contributed by atoms with van der Waals surface area (Å²) in [5.41, 5.74) is 3.57. The van der Waals surface area contributed by atoms with Gasteiger partial charge in [0.2, 0.25) is 0 Å². The van der Waals surface area contributed by atoms with E-state index in [2.05, 4.69) is 4.98 Å². The van der Waals surface area contributed by atoms with E-state index in [4.69, 9.17) is 9.73 Å². The summed E-state index contributed by atoms with van der Waals surface area (Å²) < 4.78 is 7.63. The fourth-order valence-corrected chi connectivity index (χ4v) is 5.97. The largest absolute Gasteiger partial charge is 0.463 e. The number of thiazole rings is 1. The average molecular weight is 494 g/mol. The molecule has 5 aromatic rings. The van der Waals surface area contributed by atoms with Crippen LogP contribution < -0.4 is 14.9 Å². The topological polar surface area (TPSA) is 76.4 Å². The van der Waals surface area contributed by atoms with E-state index in [-0.39, 0.29) is 12.2 Å². The number of H-pyrrole nitrogens is 1. The molecule has 1 aliphatic rings. The van der Waals surface area contributed by atoms with E-state index in [1.807, 2.05) is 79.0 Å². The van der Waals surface area contributed by atoms with Crippen molar-refractivity contribution < 1.29 is 9.53 Å². The van der Waals surface area contributed by atoms with Crippen molar-refractivity contribution in [3.05, 3.63) is 115 Å². The monoisotopic (exact) mass is 493 g/mol. The molecule has 36 heavy (non-hydrogen) atoms. The van der Waals surface area contributed by atoms with Crippen molar-refractivity contribution in [3.8, 4) is 0 Å². The van der Waals surface area contributed by atoms with Crippen LogP contribution in [0, 0.1) is 0 Å². The number of carbonyl (C=O) groups excluding carboxylic acids is 1. The summed E-state index contributed by atoms with van der Waals surface area (Å²) in [4.78, 5) is 35.6. The standard InChI is InChI=1S/C29H23N3O3S/c1-3-35-28(34)25-17(2)31-29-32(26(25)22-13-8-10-18-9-4-5-11-20(18)22)27(33)24(36-29)15-19-16-30-23-14-7-6-12-21(19)23/h4-16,26,30H,3H2,1-2H3/b24-15-. The van der Waals surface area contributed by atoms with Crippen LogP contribution in [0.3, 0.4) is 0 Å². The van der Waals surface area contributed by atoms with Crippen molar-refractivity contribution in [2.75, 3.05) is 6.61 Å². The lowest BCUT2D eigenvalue weighted by Gasteiger charge is -2.25. The fourth-order valence-electron chi connectivity index (χ4n) is 4.93. The highest BCUT2D eigenvalue weighted by molar-refractivity contribution is 7.07. The predicted octanol–water partition coefficient (Wildman–Crippen LogP) is 4.43. The average Bonchev–Trinajstić information content (AvgIpc) is 3.43. The second-order valence-corrected chi connectivity index (χ2v) is 9.67. The Labute approximate surface area is 210 Å². The molecule has 6 nitrogen and oxygen atoms in total. The molecule has 178 valence electrons. The summed E-state index contributed by atoms with van der Waals surface area (Å²) in [7, 11) is 0. The van der Waals surface area contributed by atoms with E-state index in [0.29, 0.717) is 20.6 Å². The number of ether oxygens (including phenoxy) is 1. The molecule has 3 aromatic carbocycles. The van der Waals surface area contributed by atoms with Crippen LogP contribution in [0.2, 0.25) is 0 Å². The molecule has 0 saturated carbocycles. The van der Waals surface area contributed by atoms with Crippen LogP contribution >= 0.6 is 11.3 Å². The summed E-state index contributed by atoms with van der Waals surface area (Å²) in [6.45, 7) is 3.82. The highest BCUT2D eigenvalue weighted by Crippen LogP contribution is 2.34. The number of esters is 1. The third-order valence-electron chi connectivity index (χ3n) is 6.54. The molecule has 2 aromatic heterocycles. The van der Waals surface area contributed by atoms with E-state index in [1.54, 1.807) is 18.4 Å². The van der Waals surface area contributed by atoms with Crippen LogP contribution in [0.5, 0.6) is 0 Å². The van der Waals surface area contributed by atoms with Gasteiger partial charge >= 0.3 is 5.97 Å². The maximum absolute atomic E-state index is 13.9. The quantitative estimate of drug-likeness (QED) is 0.376. The lowest BCUT2D eigenvalue weighted by Crippen LogP contribution is -2.40. The first kappa shape index (κ1) is 22.2. The molecule has 0 amide bonds. The van der Waals surface area contributed by atoms with Crippen LogP contribution in [-0.4, -0.2) is 22.1 Å². The number of benzene rings is 3. The number of rotatable bonds is 4. The Hall–Kier alpha value is -4.23. The first-order valence-electron chi connectivity index (χ1n) is 11.8. The van der Waals surface area contributed by atoms with Gasteiger partial charge in [0.15, 0.2) is 4.80 Å². The zero-order chi connectivity index (χ0) is 24.8. The Bertz CT molecular complexity index is 1870. The van der Waals surface area contributed by atoms with Gasteiger partial charge in [0.25, 0.3) is 5.56 Å². The first-order valence-corrected chi connectivity index (χ1v) is 12.6. The lowest BCUT2D eigenvalue weighted by atomic mass is 9.91. The number of nitrogens with zero attached hydrogens (tertiary/aromatic N) is 2. The molecule has 0 spiro atoms. The van der Waals surface area contributed by atoms with Crippen molar-refractivity contribution >= 4 is 45.1 Å². The molecular formula is C29H23N3O3S. The first-order chi connectivity index (χ1) is 17.6. The zero-order valence-corrected chi connectivity index (χ0v) is 20.6. The van der Waals surface area contributed by atoms with Gasteiger partial charge in [0.05, 0.1) is 28.5 Å². The van der Waals surface area contributed by atoms with Gasteiger partial charge in [-0.3, -0.25) is 9.36 Å². The second-order valence-electron chi connectivity index (χ2n) is 8.66. The molecule has 1 atom stereocenters. The number of aromatic nitrogens is 2. The van der Waals surface area contributed by atoms with Crippen molar-refractivity contribution in [2.45, 2.75) is 19.9 Å². The summed E-state index contributed by atoms with van der Waals surface area (Å²) in [6, 6.07) is 21.3. The minimum absolute atomic E-state index is 0.184. The maximum Gasteiger partial charge on any atom is 0.338 e. The normalized spacial score (nSPS) is 15.8. The Balaban J connectivity index is 1.63. The van der Waals surface area contributed by atoms with Crippen LogP contribution in [0.25, 0.3) is 27.8 Å². The molecule has 0 saturated heterocycles. The highest BCUT2D eigenvalue weighted by Gasteiger charge is 2.34. The molecule has 1 unspecified atom stereocenters. The molecule has 0 radical (unpaired) electrons. The van der Waals surface area contributed by atoms with Crippen molar-refractivity contribution in [2.24, 2.45) is 4.99 Å². The van der Waals surface area contributed by atoms with Gasteiger partial charge in [-0.15, -0.1) is 0 Å². The predicted molar refractivity (Wildman–Crippen MR) is 143 cm³/mol. The van der Waals surface area contributed by atoms with E-state index in [1.165, 1.54) is 11.3 Å². The van der Waals surface area contributed by atoms with E-state index in [9.17, 15) is 9.59 Å². The van der Waals surface area contributed by atoms with Crippen molar-refractivity contribution in [3.63, 3.8) is 0 Å². The van der Waals surface area contributed by atoms with Crippen LogP contribution in [0.4, 0.5) is 0 Å². The van der Waals surface area contributed by atoms with Crippen LogP contribution in [0.1, 0.15) is 31.0 Å². The molecule has 6 rings (SSSR count). The third-order valence-corrected chi connectivity index (χ3v) is 7.53. The minimum atomic E-state index is -0.642. The number of aromatic amines is 1. The zero-order valence-electron chi connectivity index (χ0n) is 19.8. The number of hydrogen-bond donors (Lipinski definition) is 1. The molecule has 0 fully saturated rings. The number of nitrogens with one attached hydrogen (secondary N) is 1. The molecular weight excluding hydrogens is 470 g/mol. The lowest BCUT2D eigenvalue weighted by molar-refractivity contribution is -0.139. The van der Waals surface area contributed by atoms with Gasteiger partial charge in [-0.2, -0.15) is 0 Å². The molecule has 0 aliphatic carbocycles. The fraction of sp³-hybridized carbons (Fsp3) is 0.138. The SMILES string of the molecule is CCOC(=O)C1=C(C)N=c2s/c(=C\c3c[nH]c4ccccc34)c(=O)n2C1c1cccc2ccccc12. The van der Waals surface area contributed by atoms with Gasteiger partial charge in [-0.25, -0.2) is 9.79 Å². The number of carbonyl (C=O) groups is 1. The summed E-state index contributed by atoms with van der Waals surface area (Å²) in [5.74, 6) is -0.456. The van der Waals surface area contributed by atoms with E-state index < -0.39 is 12.0 Å². The number of fused-ring (bicyclic) bond motifs is 3. The Morgan fingerprint density at radius 2 is 1.83 bits per heavy atom. The van der Waals surface area contributed by atoms with Gasteiger partial charge < -0.3 is 9.72 Å². The molecule has 3 heterocycles. The van der Waals surface area contributed by atoms with Crippen LogP contribution in [-0.2, 0) is 9.53 Å². The van der Waals surface area contributed by atoms with E-state index in [0.717, 1.165) is 32.8 Å². The van der Waals surface area contributed by atoms with Gasteiger partial charge in [0, 0.05) is 22.7 Å². The Kier molecular flexibility index (Phi) is 5.42. The molecule has 0 bridgehead atoms. The summed E-state index contributed by atoms with van der Waals surface area (Å²) in [6.07, 6.45) is 3.80. The van der Waals surface area contributed by atoms with E-state index >= 15 is 0 Å². The van der Waals surface area contributed by atoms with Gasteiger partial charge in [-0.05, 0) is 42.3 Å². The van der Waals surface area contributed by atoms with Gasteiger partial charge in [0.1, 0.15) is 0 Å². The van der Waals surface area contributed by atoms with Crippen LogP contribution in [0.15, 0.2) is 94.0 Å². The highest BCUT2D eigenvalue weighted by atomic mass is 32.1. The Morgan fingerprint density at radius 3 is 2.67 bits per heavy atom.